The van der Waals surface area contributed by atoms with Gasteiger partial charge in [0.1, 0.15) is 0 Å². The van der Waals surface area contributed by atoms with Gasteiger partial charge < -0.3 is 15.4 Å². The molecule has 4 nitrogen and oxygen atoms in total. The first kappa shape index (κ1) is 14.0. The van der Waals surface area contributed by atoms with Crippen LogP contribution in [0.2, 0.25) is 0 Å². The summed E-state index contributed by atoms with van der Waals surface area (Å²) in [4.78, 5) is 4.29. The monoisotopic (exact) mass is 297 g/mol. The summed E-state index contributed by atoms with van der Waals surface area (Å²) >= 11 is 0. The van der Waals surface area contributed by atoms with Crippen molar-refractivity contribution in [1.29, 1.82) is 0 Å². The SMILES string of the molecule is NC1CCCC(C(O)CC2c3ccccc3-c3cncn32)C1. The van der Waals surface area contributed by atoms with Gasteiger partial charge in [0.05, 0.1) is 30.4 Å². The van der Waals surface area contributed by atoms with E-state index in [1.165, 1.54) is 11.1 Å². The van der Waals surface area contributed by atoms with Crippen LogP contribution in [0.25, 0.3) is 11.3 Å². The minimum Gasteiger partial charge on any atom is -0.393 e. The van der Waals surface area contributed by atoms with E-state index in [-0.39, 0.29) is 18.2 Å². The number of aliphatic hydroxyl groups excluding tert-OH is 1. The fourth-order valence-electron chi connectivity index (χ4n) is 4.21. The molecule has 1 aromatic carbocycles. The van der Waals surface area contributed by atoms with Gasteiger partial charge >= 0.3 is 0 Å². The number of aromatic nitrogens is 2. The molecular weight excluding hydrogens is 274 g/mol. The number of aliphatic hydroxyl groups is 1. The van der Waals surface area contributed by atoms with E-state index in [0.717, 1.165) is 37.8 Å². The summed E-state index contributed by atoms with van der Waals surface area (Å²) in [5.41, 5.74) is 9.79. The number of fused-ring (bicyclic) bond motifs is 3. The van der Waals surface area contributed by atoms with E-state index in [1.54, 1.807) is 0 Å². The summed E-state index contributed by atoms with van der Waals surface area (Å²) in [7, 11) is 0. The van der Waals surface area contributed by atoms with Crippen molar-refractivity contribution in [3.05, 3.63) is 42.4 Å². The fraction of sp³-hybridized carbons (Fsp3) is 0.500. The van der Waals surface area contributed by atoms with E-state index in [9.17, 15) is 5.11 Å². The third kappa shape index (κ3) is 2.27. The Labute approximate surface area is 131 Å². The van der Waals surface area contributed by atoms with Crippen LogP contribution in [0.1, 0.15) is 43.7 Å². The summed E-state index contributed by atoms with van der Waals surface area (Å²) in [6.07, 6.45) is 8.55. The molecule has 2 aliphatic rings. The lowest BCUT2D eigenvalue weighted by Gasteiger charge is -2.32. The lowest BCUT2D eigenvalue weighted by atomic mass is 9.80. The third-order valence-corrected chi connectivity index (χ3v) is 5.36. The predicted molar refractivity (Wildman–Crippen MR) is 86.4 cm³/mol. The van der Waals surface area contributed by atoms with Crippen LogP contribution < -0.4 is 5.73 Å². The second-order valence-electron chi connectivity index (χ2n) is 6.78. The normalized spacial score (nSPS) is 28.2. The largest absolute Gasteiger partial charge is 0.393 e. The van der Waals surface area contributed by atoms with Gasteiger partial charge in [0.2, 0.25) is 0 Å². The fourth-order valence-corrected chi connectivity index (χ4v) is 4.21. The van der Waals surface area contributed by atoms with Gasteiger partial charge in [-0.15, -0.1) is 0 Å². The van der Waals surface area contributed by atoms with Gasteiger partial charge in [0.15, 0.2) is 0 Å². The maximum absolute atomic E-state index is 10.8. The Morgan fingerprint density at radius 2 is 2.18 bits per heavy atom. The molecule has 2 heterocycles. The lowest BCUT2D eigenvalue weighted by Crippen LogP contribution is -2.34. The zero-order valence-corrected chi connectivity index (χ0v) is 12.7. The molecule has 1 saturated carbocycles. The quantitative estimate of drug-likeness (QED) is 0.915. The predicted octanol–water partition coefficient (Wildman–Crippen LogP) is 2.72. The van der Waals surface area contributed by atoms with Crippen LogP contribution in [0, 0.1) is 5.92 Å². The van der Waals surface area contributed by atoms with E-state index >= 15 is 0 Å². The van der Waals surface area contributed by atoms with Crippen LogP contribution in [0.5, 0.6) is 0 Å². The first-order valence-electron chi connectivity index (χ1n) is 8.29. The Balaban J connectivity index is 1.58. The van der Waals surface area contributed by atoms with Crippen LogP contribution in [0.3, 0.4) is 0 Å². The molecule has 1 aliphatic carbocycles. The molecule has 0 radical (unpaired) electrons. The lowest BCUT2D eigenvalue weighted by molar-refractivity contribution is 0.0642. The molecule has 0 bridgehead atoms. The first-order valence-corrected chi connectivity index (χ1v) is 8.29. The number of imidazole rings is 1. The molecule has 22 heavy (non-hydrogen) atoms. The minimum absolute atomic E-state index is 0.196. The molecule has 3 N–H and O–H groups in total. The summed E-state index contributed by atoms with van der Waals surface area (Å²) in [5, 5.41) is 10.8. The zero-order chi connectivity index (χ0) is 15.1. The molecule has 1 aromatic heterocycles. The topological polar surface area (TPSA) is 64.1 Å². The zero-order valence-electron chi connectivity index (χ0n) is 12.7. The highest BCUT2D eigenvalue weighted by Crippen LogP contribution is 2.42. The second-order valence-corrected chi connectivity index (χ2v) is 6.78. The van der Waals surface area contributed by atoms with Crippen molar-refractivity contribution in [3.8, 4) is 11.3 Å². The molecule has 116 valence electrons. The summed E-state index contributed by atoms with van der Waals surface area (Å²) in [5.74, 6) is 0.337. The number of nitrogens with zero attached hydrogens (tertiary/aromatic N) is 2. The van der Waals surface area contributed by atoms with E-state index < -0.39 is 0 Å². The van der Waals surface area contributed by atoms with E-state index in [1.807, 2.05) is 12.5 Å². The van der Waals surface area contributed by atoms with Crippen LogP contribution in [-0.4, -0.2) is 26.8 Å². The van der Waals surface area contributed by atoms with Gasteiger partial charge in [-0.2, -0.15) is 0 Å². The number of rotatable bonds is 3. The Bertz CT molecular complexity index is 666. The van der Waals surface area contributed by atoms with Crippen molar-refractivity contribution in [2.24, 2.45) is 11.7 Å². The molecule has 0 amide bonds. The van der Waals surface area contributed by atoms with Gasteiger partial charge in [-0.1, -0.05) is 30.7 Å². The molecule has 4 heteroatoms. The molecule has 4 unspecified atom stereocenters. The van der Waals surface area contributed by atoms with Gasteiger partial charge in [0, 0.05) is 11.6 Å². The number of nitrogens with two attached hydrogens (primary N) is 1. The number of benzene rings is 1. The Kier molecular flexibility index (Phi) is 3.51. The van der Waals surface area contributed by atoms with E-state index in [4.69, 9.17) is 5.73 Å². The molecule has 4 rings (SSSR count). The molecule has 2 aromatic rings. The molecule has 0 spiro atoms. The Hall–Kier alpha value is -1.65. The highest BCUT2D eigenvalue weighted by atomic mass is 16.3. The number of hydrogen-bond acceptors (Lipinski definition) is 3. The van der Waals surface area contributed by atoms with Crippen LogP contribution in [0.4, 0.5) is 0 Å². The van der Waals surface area contributed by atoms with Crippen molar-refractivity contribution in [1.82, 2.24) is 9.55 Å². The van der Waals surface area contributed by atoms with Crippen LogP contribution >= 0.6 is 0 Å². The second kappa shape index (κ2) is 5.52. The minimum atomic E-state index is -0.294. The smallest absolute Gasteiger partial charge is 0.0956 e. The van der Waals surface area contributed by atoms with Gasteiger partial charge in [-0.3, -0.25) is 0 Å². The first-order chi connectivity index (χ1) is 10.7. The number of hydrogen-bond donors (Lipinski definition) is 2. The average molecular weight is 297 g/mol. The third-order valence-electron chi connectivity index (χ3n) is 5.36. The van der Waals surface area contributed by atoms with Crippen molar-refractivity contribution in [3.63, 3.8) is 0 Å². The van der Waals surface area contributed by atoms with Crippen LogP contribution in [0.15, 0.2) is 36.8 Å². The van der Waals surface area contributed by atoms with E-state index in [0.29, 0.717) is 5.92 Å². The van der Waals surface area contributed by atoms with Gasteiger partial charge in [-0.25, -0.2) is 4.98 Å². The maximum atomic E-state index is 10.8. The van der Waals surface area contributed by atoms with Gasteiger partial charge in [-0.05, 0) is 37.2 Å². The van der Waals surface area contributed by atoms with E-state index in [2.05, 4.69) is 33.8 Å². The Morgan fingerprint density at radius 1 is 1.32 bits per heavy atom. The highest BCUT2D eigenvalue weighted by Gasteiger charge is 2.33. The highest BCUT2D eigenvalue weighted by molar-refractivity contribution is 5.68. The van der Waals surface area contributed by atoms with Crippen molar-refractivity contribution in [2.75, 3.05) is 0 Å². The standard InChI is InChI=1S/C18H23N3O/c19-13-5-3-4-12(8-13)18(22)9-16-14-6-1-2-7-15(14)17-10-20-11-21(16)17/h1-2,6-7,10-13,16,18,22H,3-5,8-9,19H2. The average Bonchev–Trinajstić information content (AvgIpc) is 3.10. The molecule has 1 fully saturated rings. The van der Waals surface area contributed by atoms with Crippen molar-refractivity contribution >= 4 is 0 Å². The summed E-state index contributed by atoms with van der Waals surface area (Å²) in [6, 6.07) is 8.91. The van der Waals surface area contributed by atoms with Crippen LogP contribution in [-0.2, 0) is 0 Å². The van der Waals surface area contributed by atoms with Crippen molar-refractivity contribution < 1.29 is 5.11 Å². The van der Waals surface area contributed by atoms with Crippen molar-refractivity contribution in [2.45, 2.75) is 50.3 Å². The Morgan fingerprint density at radius 3 is 3.05 bits per heavy atom. The maximum Gasteiger partial charge on any atom is 0.0956 e. The van der Waals surface area contributed by atoms with Gasteiger partial charge in [0.25, 0.3) is 0 Å². The summed E-state index contributed by atoms with van der Waals surface area (Å²) < 4.78 is 2.21. The molecule has 4 atom stereocenters. The molecule has 1 aliphatic heterocycles. The molecular formula is C18H23N3O. The summed E-state index contributed by atoms with van der Waals surface area (Å²) in [6.45, 7) is 0. The molecule has 0 saturated heterocycles.